The van der Waals surface area contributed by atoms with Gasteiger partial charge < -0.3 is 19.5 Å². The molecule has 1 unspecified atom stereocenters. The zero-order chi connectivity index (χ0) is 19.1. The number of aliphatic imine (C=N–C) groups is 1. The lowest BCUT2D eigenvalue weighted by atomic mass is 10.1. The number of aryl methyl sites for hydroxylation is 2. The van der Waals surface area contributed by atoms with E-state index in [1.54, 1.807) is 6.26 Å². The van der Waals surface area contributed by atoms with Crippen molar-refractivity contribution in [2.75, 3.05) is 26.2 Å². The van der Waals surface area contributed by atoms with Gasteiger partial charge in [-0.2, -0.15) is 0 Å². The van der Waals surface area contributed by atoms with Gasteiger partial charge in [0, 0.05) is 13.1 Å². The molecule has 148 valence electrons. The summed E-state index contributed by atoms with van der Waals surface area (Å²) >= 11 is 0. The fourth-order valence-corrected chi connectivity index (χ4v) is 3.41. The summed E-state index contributed by atoms with van der Waals surface area (Å²) in [7, 11) is 0. The Hall–Kier alpha value is -2.28. The molecule has 7 heteroatoms. The largest absolute Gasteiger partial charge is 0.468 e. The minimum atomic E-state index is 0.204. The molecular formula is C20H31N5O2. The zero-order valence-corrected chi connectivity index (χ0v) is 16.6. The van der Waals surface area contributed by atoms with Crippen LogP contribution in [0.25, 0.3) is 0 Å². The average molecular weight is 374 g/mol. The van der Waals surface area contributed by atoms with Crippen molar-refractivity contribution in [1.82, 2.24) is 20.5 Å². The molecule has 1 fully saturated rings. The van der Waals surface area contributed by atoms with Crippen LogP contribution in [0.4, 0.5) is 0 Å². The number of rotatable bonds is 7. The minimum absolute atomic E-state index is 0.204. The Balaban J connectivity index is 1.65. The van der Waals surface area contributed by atoms with E-state index >= 15 is 0 Å². The summed E-state index contributed by atoms with van der Waals surface area (Å²) in [5, 5.41) is 6.76. The number of furan rings is 1. The topological polar surface area (TPSA) is 78.8 Å². The summed E-state index contributed by atoms with van der Waals surface area (Å²) in [5.41, 5.74) is 0.918. The van der Waals surface area contributed by atoms with Gasteiger partial charge in [0.15, 0.2) is 5.96 Å². The molecule has 0 radical (unpaired) electrons. The van der Waals surface area contributed by atoms with Gasteiger partial charge in [0.1, 0.15) is 18.1 Å². The summed E-state index contributed by atoms with van der Waals surface area (Å²) in [6.45, 7) is 10.1. The van der Waals surface area contributed by atoms with Gasteiger partial charge in [0.2, 0.25) is 5.89 Å². The molecule has 0 amide bonds. The first-order valence-corrected chi connectivity index (χ1v) is 9.90. The maximum Gasteiger partial charge on any atom is 0.216 e. The Kier molecular flexibility index (Phi) is 6.92. The van der Waals surface area contributed by atoms with E-state index in [0.29, 0.717) is 12.4 Å². The first-order valence-electron chi connectivity index (χ1n) is 9.90. The summed E-state index contributed by atoms with van der Waals surface area (Å²) < 4.78 is 11.3. The molecule has 2 N–H and O–H groups in total. The lowest BCUT2D eigenvalue weighted by Crippen LogP contribution is -2.44. The molecule has 1 aliphatic rings. The quantitative estimate of drug-likeness (QED) is 0.573. The number of aromatic nitrogens is 1. The van der Waals surface area contributed by atoms with Crippen LogP contribution in [0, 0.1) is 13.8 Å². The molecule has 1 atom stereocenters. The highest BCUT2D eigenvalue weighted by atomic mass is 16.4. The predicted octanol–water partition coefficient (Wildman–Crippen LogP) is 3.17. The second kappa shape index (κ2) is 9.60. The van der Waals surface area contributed by atoms with Crippen LogP contribution in [0.15, 0.2) is 32.2 Å². The second-order valence-corrected chi connectivity index (χ2v) is 6.95. The standard InChI is InChI=1S/C20H31N5O2/c1-4-21-20(23-14-19-24-15(2)16(3)27-19)22-13-17(18-9-8-12-26-18)25-10-6-5-7-11-25/h8-9,12,17H,4-7,10-11,13-14H2,1-3H3,(H2,21,22,23). The molecule has 1 saturated heterocycles. The smallest absolute Gasteiger partial charge is 0.216 e. The van der Waals surface area contributed by atoms with Gasteiger partial charge in [-0.1, -0.05) is 6.42 Å². The first kappa shape index (κ1) is 19.5. The van der Waals surface area contributed by atoms with Gasteiger partial charge in [-0.25, -0.2) is 9.98 Å². The number of guanidine groups is 1. The maximum absolute atomic E-state index is 5.72. The maximum atomic E-state index is 5.72. The highest BCUT2D eigenvalue weighted by molar-refractivity contribution is 5.79. The van der Waals surface area contributed by atoms with Crippen molar-refractivity contribution in [1.29, 1.82) is 0 Å². The third-order valence-electron chi connectivity index (χ3n) is 4.96. The number of nitrogens with zero attached hydrogens (tertiary/aromatic N) is 3. The van der Waals surface area contributed by atoms with Gasteiger partial charge in [-0.3, -0.25) is 4.90 Å². The molecule has 27 heavy (non-hydrogen) atoms. The minimum Gasteiger partial charge on any atom is -0.468 e. The van der Waals surface area contributed by atoms with Crippen molar-refractivity contribution in [2.24, 2.45) is 4.99 Å². The number of hydrogen-bond acceptors (Lipinski definition) is 5. The summed E-state index contributed by atoms with van der Waals surface area (Å²) in [5.74, 6) is 3.25. The van der Waals surface area contributed by atoms with Crippen LogP contribution in [0.2, 0.25) is 0 Å². The lowest BCUT2D eigenvalue weighted by Gasteiger charge is -2.33. The average Bonchev–Trinajstić information content (AvgIpc) is 3.31. The Morgan fingerprint density at radius 1 is 1.26 bits per heavy atom. The molecule has 0 saturated carbocycles. The molecule has 0 spiro atoms. The van der Waals surface area contributed by atoms with Crippen molar-refractivity contribution in [3.05, 3.63) is 41.5 Å². The van der Waals surface area contributed by atoms with E-state index < -0.39 is 0 Å². The molecule has 0 aromatic carbocycles. The van der Waals surface area contributed by atoms with Gasteiger partial charge in [0.05, 0.1) is 18.0 Å². The molecule has 7 nitrogen and oxygen atoms in total. The Bertz CT molecular complexity index is 697. The number of oxazole rings is 1. The van der Waals surface area contributed by atoms with E-state index in [4.69, 9.17) is 8.83 Å². The lowest BCUT2D eigenvalue weighted by molar-refractivity contribution is 0.146. The van der Waals surface area contributed by atoms with E-state index in [1.807, 2.05) is 19.9 Å². The number of hydrogen-bond donors (Lipinski definition) is 2. The van der Waals surface area contributed by atoms with Crippen molar-refractivity contribution in [2.45, 2.75) is 52.6 Å². The SMILES string of the molecule is CCNC(=NCc1nc(C)c(C)o1)NCC(c1ccco1)N1CCCCC1. The number of nitrogens with one attached hydrogen (secondary N) is 2. The van der Waals surface area contributed by atoms with Crippen molar-refractivity contribution < 1.29 is 8.83 Å². The van der Waals surface area contributed by atoms with Crippen LogP contribution < -0.4 is 10.6 Å². The van der Waals surface area contributed by atoms with Crippen molar-refractivity contribution >= 4 is 5.96 Å². The molecular weight excluding hydrogens is 342 g/mol. The molecule has 0 bridgehead atoms. The van der Waals surface area contributed by atoms with E-state index in [0.717, 1.165) is 49.4 Å². The van der Waals surface area contributed by atoms with Gasteiger partial charge in [0.25, 0.3) is 0 Å². The zero-order valence-electron chi connectivity index (χ0n) is 16.6. The Labute approximate surface area is 161 Å². The molecule has 2 aromatic rings. The fourth-order valence-electron chi connectivity index (χ4n) is 3.41. The number of piperidine rings is 1. The van der Waals surface area contributed by atoms with Crippen LogP contribution in [0.5, 0.6) is 0 Å². The first-order chi connectivity index (χ1) is 13.2. The summed E-state index contributed by atoms with van der Waals surface area (Å²) in [4.78, 5) is 11.5. The van der Waals surface area contributed by atoms with Gasteiger partial charge in [-0.15, -0.1) is 0 Å². The van der Waals surface area contributed by atoms with E-state index in [9.17, 15) is 0 Å². The monoisotopic (exact) mass is 373 g/mol. The van der Waals surface area contributed by atoms with Gasteiger partial charge in [-0.05, 0) is 58.8 Å². The Morgan fingerprint density at radius 2 is 2.07 bits per heavy atom. The Morgan fingerprint density at radius 3 is 2.70 bits per heavy atom. The van der Waals surface area contributed by atoms with Crippen LogP contribution in [0.1, 0.15) is 55.3 Å². The van der Waals surface area contributed by atoms with E-state index in [1.165, 1.54) is 19.3 Å². The van der Waals surface area contributed by atoms with Crippen LogP contribution in [-0.4, -0.2) is 42.0 Å². The summed E-state index contributed by atoms with van der Waals surface area (Å²) in [6, 6.07) is 4.22. The molecule has 3 heterocycles. The summed E-state index contributed by atoms with van der Waals surface area (Å²) in [6.07, 6.45) is 5.55. The van der Waals surface area contributed by atoms with E-state index in [2.05, 4.69) is 38.5 Å². The molecule has 3 rings (SSSR count). The fraction of sp³-hybridized carbons (Fsp3) is 0.600. The predicted molar refractivity (Wildman–Crippen MR) is 106 cm³/mol. The third kappa shape index (κ3) is 5.35. The molecule has 2 aromatic heterocycles. The van der Waals surface area contributed by atoms with Crippen LogP contribution in [0.3, 0.4) is 0 Å². The normalized spacial score (nSPS) is 17.1. The second-order valence-electron chi connectivity index (χ2n) is 6.95. The van der Waals surface area contributed by atoms with Crippen LogP contribution in [-0.2, 0) is 6.54 Å². The van der Waals surface area contributed by atoms with Crippen molar-refractivity contribution in [3.63, 3.8) is 0 Å². The van der Waals surface area contributed by atoms with Crippen molar-refractivity contribution in [3.8, 4) is 0 Å². The third-order valence-corrected chi connectivity index (χ3v) is 4.96. The van der Waals surface area contributed by atoms with Gasteiger partial charge >= 0.3 is 0 Å². The molecule has 0 aliphatic carbocycles. The van der Waals surface area contributed by atoms with E-state index in [-0.39, 0.29) is 6.04 Å². The number of likely N-dealkylation sites (tertiary alicyclic amines) is 1. The highest BCUT2D eigenvalue weighted by Gasteiger charge is 2.24. The van der Waals surface area contributed by atoms with Crippen LogP contribution >= 0.6 is 0 Å². The molecule has 1 aliphatic heterocycles. The highest BCUT2D eigenvalue weighted by Crippen LogP contribution is 2.24.